The number of aromatic nitrogens is 1. The van der Waals surface area contributed by atoms with Crippen molar-refractivity contribution in [3.8, 4) is 5.75 Å². The number of nitrogens with one attached hydrogen (secondary N) is 1. The molecule has 2 aromatic rings. The zero-order valence-corrected chi connectivity index (χ0v) is 12.5. The van der Waals surface area contributed by atoms with E-state index in [0.29, 0.717) is 24.6 Å². The number of hydrogen-bond acceptors (Lipinski definition) is 2. The number of amides is 1. The van der Waals surface area contributed by atoms with Gasteiger partial charge in [-0.05, 0) is 34.1 Å². The van der Waals surface area contributed by atoms with Gasteiger partial charge in [-0.3, -0.25) is 4.79 Å². The van der Waals surface area contributed by atoms with Crippen LogP contribution < -0.4 is 4.74 Å². The first-order chi connectivity index (χ1) is 9.56. The maximum absolute atomic E-state index is 13.0. The zero-order valence-electron chi connectivity index (χ0n) is 10.9. The van der Waals surface area contributed by atoms with E-state index in [1.165, 1.54) is 17.0 Å². The number of aromatic amines is 1. The monoisotopic (exact) mass is 340 g/mol. The number of carbonyl (C=O) groups is 1. The number of H-pyrrole nitrogens is 1. The summed E-state index contributed by atoms with van der Waals surface area (Å²) in [5.74, 6) is -0.0184. The van der Waals surface area contributed by atoms with Gasteiger partial charge in [-0.1, -0.05) is 6.07 Å². The molecule has 106 valence electrons. The first-order valence-electron chi connectivity index (χ1n) is 6.04. The Balaban J connectivity index is 1.83. The molecule has 0 saturated heterocycles. The lowest BCUT2D eigenvalue weighted by molar-refractivity contribution is 0.0768. The molecule has 0 aliphatic heterocycles. The minimum absolute atomic E-state index is 0.126. The zero-order chi connectivity index (χ0) is 14.5. The van der Waals surface area contributed by atoms with Crippen molar-refractivity contribution in [3.63, 3.8) is 0 Å². The SMILES string of the molecule is CN(CCOc1cccc(F)c1)C(=O)c1cc(Br)c[nH]1. The van der Waals surface area contributed by atoms with Crippen molar-refractivity contribution in [2.45, 2.75) is 0 Å². The van der Waals surface area contributed by atoms with E-state index < -0.39 is 0 Å². The van der Waals surface area contributed by atoms with Crippen molar-refractivity contribution in [1.82, 2.24) is 9.88 Å². The minimum atomic E-state index is -0.344. The van der Waals surface area contributed by atoms with Gasteiger partial charge in [-0.25, -0.2) is 4.39 Å². The molecule has 0 fully saturated rings. The van der Waals surface area contributed by atoms with Crippen LogP contribution in [0.5, 0.6) is 5.75 Å². The van der Waals surface area contributed by atoms with Gasteiger partial charge < -0.3 is 14.6 Å². The molecule has 1 aromatic carbocycles. The van der Waals surface area contributed by atoms with Crippen LogP contribution >= 0.6 is 15.9 Å². The third kappa shape index (κ3) is 3.84. The van der Waals surface area contributed by atoms with Gasteiger partial charge >= 0.3 is 0 Å². The molecular weight excluding hydrogens is 327 g/mol. The molecule has 1 aromatic heterocycles. The average molecular weight is 341 g/mol. The summed E-state index contributed by atoms with van der Waals surface area (Å²) in [6.45, 7) is 0.708. The Labute approximate surface area is 124 Å². The molecule has 4 nitrogen and oxygen atoms in total. The Hall–Kier alpha value is -1.82. The summed E-state index contributed by atoms with van der Waals surface area (Å²) in [7, 11) is 1.69. The number of nitrogens with zero attached hydrogens (tertiary/aromatic N) is 1. The predicted octanol–water partition coefficient (Wildman–Crippen LogP) is 3.07. The van der Waals surface area contributed by atoms with E-state index in [1.54, 1.807) is 31.4 Å². The van der Waals surface area contributed by atoms with Crippen molar-refractivity contribution in [1.29, 1.82) is 0 Å². The molecule has 6 heteroatoms. The third-order valence-corrected chi connectivity index (χ3v) is 3.17. The quantitative estimate of drug-likeness (QED) is 0.909. The van der Waals surface area contributed by atoms with Crippen molar-refractivity contribution >= 4 is 21.8 Å². The molecule has 0 saturated carbocycles. The lowest BCUT2D eigenvalue weighted by Crippen LogP contribution is -2.31. The first-order valence-corrected chi connectivity index (χ1v) is 6.83. The van der Waals surface area contributed by atoms with E-state index in [9.17, 15) is 9.18 Å². The fraction of sp³-hybridized carbons (Fsp3) is 0.214. The Bertz CT molecular complexity index is 600. The van der Waals surface area contributed by atoms with Crippen LogP contribution in [-0.2, 0) is 0 Å². The second-order valence-electron chi connectivity index (χ2n) is 4.26. The topological polar surface area (TPSA) is 45.3 Å². The van der Waals surface area contributed by atoms with Crippen LogP contribution in [-0.4, -0.2) is 36.0 Å². The lowest BCUT2D eigenvalue weighted by Gasteiger charge is -2.16. The van der Waals surface area contributed by atoms with Gasteiger partial charge in [-0.15, -0.1) is 0 Å². The molecule has 1 N–H and O–H groups in total. The highest BCUT2D eigenvalue weighted by molar-refractivity contribution is 9.10. The number of ether oxygens (including phenoxy) is 1. The third-order valence-electron chi connectivity index (χ3n) is 2.72. The number of halogens is 2. The number of hydrogen-bond donors (Lipinski definition) is 1. The minimum Gasteiger partial charge on any atom is -0.492 e. The lowest BCUT2D eigenvalue weighted by atomic mass is 10.3. The van der Waals surface area contributed by atoms with Crippen molar-refractivity contribution < 1.29 is 13.9 Å². The highest BCUT2D eigenvalue weighted by atomic mass is 79.9. The van der Waals surface area contributed by atoms with Gasteiger partial charge in [0.05, 0.1) is 6.54 Å². The molecule has 1 heterocycles. The molecule has 0 bridgehead atoms. The highest BCUT2D eigenvalue weighted by Gasteiger charge is 2.13. The standard InChI is InChI=1S/C14H14BrFN2O2/c1-18(14(19)13-7-10(15)9-17-13)5-6-20-12-4-2-3-11(16)8-12/h2-4,7-9,17H,5-6H2,1H3. The molecule has 0 aliphatic carbocycles. The highest BCUT2D eigenvalue weighted by Crippen LogP contribution is 2.13. The van der Waals surface area contributed by atoms with Gasteiger partial charge in [0, 0.05) is 23.8 Å². The van der Waals surface area contributed by atoms with Crippen LogP contribution in [0.25, 0.3) is 0 Å². The fourth-order valence-corrected chi connectivity index (χ4v) is 2.00. The van der Waals surface area contributed by atoms with Crippen molar-refractivity contribution in [2.75, 3.05) is 20.2 Å². The molecule has 0 unspecified atom stereocenters. The molecule has 2 rings (SSSR count). The molecule has 0 atom stereocenters. The summed E-state index contributed by atoms with van der Waals surface area (Å²) in [6.07, 6.45) is 1.70. The van der Waals surface area contributed by atoms with Crippen LogP contribution in [0.2, 0.25) is 0 Å². The van der Waals surface area contributed by atoms with Crippen LogP contribution in [0.4, 0.5) is 4.39 Å². The van der Waals surface area contributed by atoms with Gasteiger partial charge in [-0.2, -0.15) is 0 Å². The second kappa shape index (κ2) is 6.56. The maximum Gasteiger partial charge on any atom is 0.270 e. The Morgan fingerprint density at radius 2 is 2.25 bits per heavy atom. The molecule has 0 spiro atoms. The summed E-state index contributed by atoms with van der Waals surface area (Å²) in [4.78, 5) is 16.4. The number of carbonyl (C=O) groups excluding carboxylic acids is 1. The predicted molar refractivity (Wildman–Crippen MR) is 77.3 cm³/mol. The van der Waals surface area contributed by atoms with E-state index in [0.717, 1.165) is 4.47 Å². The van der Waals surface area contributed by atoms with E-state index in [4.69, 9.17) is 4.74 Å². The average Bonchev–Trinajstić information content (AvgIpc) is 2.84. The maximum atomic E-state index is 13.0. The Kier molecular flexibility index (Phi) is 4.79. The van der Waals surface area contributed by atoms with Crippen LogP contribution in [0.1, 0.15) is 10.5 Å². The molecular formula is C14H14BrFN2O2. The van der Waals surface area contributed by atoms with E-state index in [2.05, 4.69) is 20.9 Å². The molecule has 20 heavy (non-hydrogen) atoms. The van der Waals surface area contributed by atoms with Gasteiger partial charge in [0.25, 0.3) is 5.91 Å². The van der Waals surface area contributed by atoms with Gasteiger partial charge in [0.15, 0.2) is 0 Å². The largest absolute Gasteiger partial charge is 0.492 e. The van der Waals surface area contributed by atoms with Crippen molar-refractivity contribution in [2.24, 2.45) is 0 Å². The second-order valence-corrected chi connectivity index (χ2v) is 5.18. The number of likely N-dealkylation sites (N-methyl/N-ethyl adjacent to an activating group) is 1. The van der Waals surface area contributed by atoms with E-state index >= 15 is 0 Å². The molecule has 0 radical (unpaired) electrons. The number of benzene rings is 1. The number of rotatable bonds is 5. The molecule has 1 amide bonds. The summed E-state index contributed by atoms with van der Waals surface area (Å²) in [5, 5.41) is 0. The fourth-order valence-electron chi connectivity index (χ4n) is 1.66. The molecule has 0 aliphatic rings. The van der Waals surface area contributed by atoms with Crippen LogP contribution in [0, 0.1) is 5.82 Å². The summed E-state index contributed by atoms with van der Waals surface area (Å²) in [5.41, 5.74) is 0.505. The van der Waals surface area contributed by atoms with Crippen LogP contribution in [0.3, 0.4) is 0 Å². The summed E-state index contributed by atoms with van der Waals surface area (Å²) >= 11 is 3.28. The summed E-state index contributed by atoms with van der Waals surface area (Å²) in [6, 6.07) is 7.63. The van der Waals surface area contributed by atoms with E-state index in [-0.39, 0.29) is 11.7 Å². The van der Waals surface area contributed by atoms with Gasteiger partial charge in [0.1, 0.15) is 23.9 Å². The van der Waals surface area contributed by atoms with E-state index in [1.807, 2.05) is 0 Å². The summed E-state index contributed by atoms with van der Waals surface area (Å²) < 4.78 is 19.2. The smallest absolute Gasteiger partial charge is 0.270 e. The Morgan fingerprint density at radius 1 is 1.45 bits per heavy atom. The van der Waals surface area contributed by atoms with Crippen LogP contribution in [0.15, 0.2) is 41.0 Å². The first kappa shape index (κ1) is 14.6. The van der Waals surface area contributed by atoms with Gasteiger partial charge in [0.2, 0.25) is 0 Å². The Morgan fingerprint density at radius 3 is 2.90 bits per heavy atom. The van der Waals surface area contributed by atoms with Crippen molar-refractivity contribution in [3.05, 3.63) is 52.5 Å². The normalized spacial score (nSPS) is 10.3.